The van der Waals surface area contributed by atoms with E-state index in [2.05, 4.69) is 35.8 Å². The van der Waals surface area contributed by atoms with Gasteiger partial charge < -0.3 is 15.2 Å². The first-order valence-corrected chi connectivity index (χ1v) is 14.2. The minimum Gasteiger partial charge on any atom is -0.350 e. The maximum absolute atomic E-state index is 13.2. The molecule has 3 aromatic carbocycles. The second-order valence-corrected chi connectivity index (χ2v) is 12.7. The lowest BCUT2D eigenvalue weighted by atomic mass is 9.87. The molecule has 0 saturated carbocycles. The standard InChI is InChI=1S/C29H33ClN4O3S/c1-29(2,3)20-8-13-23(14-9-20)38(36,37)33-22-12-15-25-24(18-22)26(19-6-10-21(30)11-7-19)27(32-25)28(35)31-16-17-34(4)5/h6-15,18,32-33H,16-17H2,1-5H3,(H,31,35). The molecule has 0 unspecified atom stereocenters. The van der Waals surface area contributed by atoms with E-state index in [4.69, 9.17) is 11.6 Å². The van der Waals surface area contributed by atoms with E-state index in [0.29, 0.717) is 46.0 Å². The number of amides is 1. The fourth-order valence-electron chi connectivity index (χ4n) is 4.17. The van der Waals surface area contributed by atoms with Crippen molar-refractivity contribution in [3.8, 4) is 11.1 Å². The van der Waals surface area contributed by atoms with Gasteiger partial charge in [-0.2, -0.15) is 0 Å². The SMILES string of the molecule is CN(C)CCNC(=O)c1[nH]c2ccc(NS(=O)(=O)c3ccc(C(C)(C)C)cc3)cc2c1-c1ccc(Cl)cc1. The molecule has 0 saturated heterocycles. The molecule has 4 rings (SSSR count). The van der Waals surface area contributed by atoms with Crippen LogP contribution in [0.25, 0.3) is 22.0 Å². The molecule has 0 aliphatic rings. The van der Waals surface area contributed by atoms with Crippen LogP contribution in [0.4, 0.5) is 5.69 Å². The maximum Gasteiger partial charge on any atom is 0.268 e. The average molecular weight is 553 g/mol. The second-order valence-electron chi connectivity index (χ2n) is 10.6. The second kappa shape index (κ2) is 10.8. The molecule has 200 valence electrons. The number of nitrogens with zero attached hydrogens (tertiary/aromatic N) is 1. The smallest absolute Gasteiger partial charge is 0.268 e. The van der Waals surface area contributed by atoms with E-state index in [1.807, 2.05) is 43.3 Å². The number of rotatable bonds is 8. The van der Waals surface area contributed by atoms with Gasteiger partial charge in [0.05, 0.1) is 4.90 Å². The fourth-order valence-corrected chi connectivity index (χ4v) is 5.35. The summed E-state index contributed by atoms with van der Waals surface area (Å²) in [6.45, 7) is 7.42. The van der Waals surface area contributed by atoms with Crippen LogP contribution in [0.1, 0.15) is 36.8 Å². The molecule has 0 fully saturated rings. The van der Waals surface area contributed by atoms with Gasteiger partial charge in [-0.25, -0.2) is 8.42 Å². The third kappa shape index (κ3) is 6.20. The highest BCUT2D eigenvalue weighted by molar-refractivity contribution is 7.92. The Hall–Kier alpha value is -3.33. The molecule has 0 spiro atoms. The molecular formula is C29H33ClN4O3S. The normalized spacial score (nSPS) is 12.2. The first kappa shape index (κ1) is 27.7. The predicted molar refractivity (Wildman–Crippen MR) is 156 cm³/mol. The van der Waals surface area contributed by atoms with Crippen LogP contribution >= 0.6 is 11.6 Å². The zero-order valence-electron chi connectivity index (χ0n) is 22.2. The number of nitrogens with one attached hydrogen (secondary N) is 3. The molecule has 1 aromatic heterocycles. The van der Waals surface area contributed by atoms with Crippen molar-refractivity contribution >= 4 is 44.1 Å². The van der Waals surface area contributed by atoms with E-state index < -0.39 is 10.0 Å². The summed E-state index contributed by atoms with van der Waals surface area (Å²) >= 11 is 6.11. The Morgan fingerprint density at radius 2 is 1.63 bits per heavy atom. The van der Waals surface area contributed by atoms with Crippen LogP contribution in [-0.4, -0.2) is 51.4 Å². The highest BCUT2D eigenvalue weighted by Crippen LogP contribution is 2.35. The lowest BCUT2D eigenvalue weighted by Gasteiger charge is -2.19. The number of hydrogen-bond acceptors (Lipinski definition) is 4. The molecule has 4 aromatic rings. The number of aromatic amines is 1. The fraction of sp³-hybridized carbons (Fsp3) is 0.276. The average Bonchev–Trinajstić information content (AvgIpc) is 3.22. The molecule has 3 N–H and O–H groups in total. The Bertz CT molecular complexity index is 1550. The number of H-pyrrole nitrogens is 1. The van der Waals surface area contributed by atoms with Gasteiger partial charge in [0.2, 0.25) is 0 Å². The minimum atomic E-state index is -3.82. The summed E-state index contributed by atoms with van der Waals surface area (Å²) in [6.07, 6.45) is 0. The predicted octanol–water partition coefficient (Wildman–Crippen LogP) is 5.88. The molecule has 38 heavy (non-hydrogen) atoms. The van der Waals surface area contributed by atoms with Crippen molar-refractivity contribution in [2.45, 2.75) is 31.1 Å². The molecule has 0 aliphatic carbocycles. The number of benzene rings is 3. The van der Waals surface area contributed by atoms with Gasteiger partial charge in [0.1, 0.15) is 5.69 Å². The van der Waals surface area contributed by atoms with Gasteiger partial charge in [0, 0.05) is 40.3 Å². The molecule has 0 bridgehead atoms. The summed E-state index contributed by atoms with van der Waals surface area (Å²) in [4.78, 5) is 18.5. The van der Waals surface area contributed by atoms with Crippen LogP contribution < -0.4 is 10.0 Å². The molecule has 0 aliphatic heterocycles. The van der Waals surface area contributed by atoms with Crippen LogP contribution in [0.2, 0.25) is 5.02 Å². The van der Waals surface area contributed by atoms with Crippen LogP contribution in [0.15, 0.2) is 71.6 Å². The number of carbonyl (C=O) groups excluding carboxylic acids is 1. The Morgan fingerprint density at radius 3 is 2.24 bits per heavy atom. The van der Waals surface area contributed by atoms with E-state index in [1.54, 1.807) is 42.5 Å². The van der Waals surface area contributed by atoms with Gasteiger partial charge in [-0.3, -0.25) is 9.52 Å². The summed E-state index contributed by atoms with van der Waals surface area (Å²) in [6, 6.07) is 19.3. The minimum absolute atomic E-state index is 0.0798. The van der Waals surface area contributed by atoms with Crippen LogP contribution in [0.3, 0.4) is 0 Å². The highest BCUT2D eigenvalue weighted by atomic mass is 35.5. The zero-order valence-corrected chi connectivity index (χ0v) is 23.8. The van der Waals surface area contributed by atoms with Crippen LogP contribution in [0, 0.1) is 0 Å². The van der Waals surface area contributed by atoms with Crippen molar-refractivity contribution in [3.63, 3.8) is 0 Å². The van der Waals surface area contributed by atoms with Gasteiger partial charge in [0.25, 0.3) is 15.9 Å². The number of hydrogen-bond donors (Lipinski definition) is 3. The molecule has 1 amide bonds. The summed E-state index contributed by atoms with van der Waals surface area (Å²) in [5.41, 5.74) is 3.94. The number of anilines is 1. The number of fused-ring (bicyclic) bond motifs is 1. The third-order valence-corrected chi connectivity index (χ3v) is 7.94. The number of aromatic nitrogens is 1. The Kier molecular flexibility index (Phi) is 7.88. The van der Waals surface area contributed by atoms with E-state index in [9.17, 15) is 13.2 Å². The molecular weight excluding hydrogens is 520 g/mol. The van der Waals surface area contributed by atoms with E-state index in [0.717, 1.165) is 11.1 Å². The quantitative estimate of drug-likeness (QED) is 0.254. The summed E-state index contributed by atoms with van der Waals surface area (Å²) in [5.74, 6) is -0.242. The Labute approximate surface area is 229 Å². The monoisotopic (exact) mass is 552 g/mol. The number of likely N-dealkylation sites (N-methyl/N-ethyl adjacent to an activating group) is 1. The van der Waals surface area contributed by atoms with E-state index in [1.165, 1.54) is 0 Å². The summed E-state index contributed by atoms with van der Waals surface area (Å²) in [7, 11) is 0.0618. The highest BCUT2D eigenvalue weighted by Gasteiger charge is 2.22. The summed E-state index contributed by atoms with van der Waals surface area (Å²) < 4.78 is 29.0. The topological polar surface area (TPSA) is 94.3 Å². The van der Waals surface area contributed by atoms with Gasteiger partial charge in [-0.1, -0.05) is 56.6 Å². The first-order chi connectivity index (χ1) is 17.8. The van der Waals surface area contributed by atoms with Crippen LogP contribution in [0.5, 0.6) is 0 Å². The van der Waals surface area contributed by atoms with Crippen molar-refractivity contribution in [2.24, 2.45) is 0 Å². The van der Waals surface area contributed by atoms with Gasteiger partial charge in [-0.05, 0) is 73.1 Å². The molecule has 0 atom stereocenters. The number of carbonyl (C=O) groups is 1. The third-order valence-electron chi connectivity index (χ3n) is 6.29. The van der Waals surface area contributed by atoms with Crippen molar-refractivity contribution in [1.82, 2.24) is 15.2 Å². The summed E-state index contributed by atoms with van der Waals surface area (Å²) in [5, 5.41) is 4.25. The van der Waals surface area contributed by atoms with Gasteiger partial charge in [0.15, 0.2) is 0 Å². The van der Waals surface area contributed by atoms with Crippen molar-refractivity contribution < 1.29 is 13.2 Å². The van der Waals surface area contributed by atoms with Crippen molar-refractivity contribution in [2.75, 3.05) is 31.9 Å². The molecule has 0 radical (unpaired) electrons. The first-order valence-electron chi connectivity index (χ1n) is 12.3. The van der Waals surface area contributed by atoms with Gasteiger partial charge >= 0.3 is 0 Å². The van der Waals surface area contributed by atoms with Crippen LogP contribution in [-0.2, 0) is 15.4 Å². The van der Waals surface area contributed by atoms with E-state index >= 15 is 0 Å². The van der Waals surface area contributed by atoms with Crippen molar-refractivity contribution in [1.29, 1.82) is 0 Å². The largest absolute Gasteiger partial charge is 0.350 e. The number of sulfonamides is 1. The lowest BCUT2D eigenvalue weighted by Crippen LogP contribution is -2.31. The van der Waals surface area contributed by atoms with Gasteiger partial charge in [-0.15, -0.1) is 0 Å². The molecule has 7 nitrogen and oxygen atoms in total. The van der Waals surface area contributed by atoms with E-state index in [-0.39, 0.29) is 16.2 Å². The molecule has 9 heteroatoms. The molecule has 1 heterocycles. The lowest BCUT2D eigenvalue weighted by molar-refractivity contribution is 0.0947. The zero-order chi connectivity index (χ0) is 27.7. The number of halogens is 1. The Morgan fingerprint density at radius 1 is 0.974 bits per heavy atom. The maximum atomic E-state index is 13.2. The Balaban J connectivity index is 1.72. The van der Waals surface area contributed by atoms with Crippen molar-refractivity contribution in [3.05, 3.63) is 83.0 Å².